The SMILES string of the molecule is O=C(O)c1ccc(C2CCCCC2)cc1C(=O)OC1CCCCC1. The summed E-state index contributed by atoms with van der Waals surface area (Å²) in [4.78, 5) is 24.1. The van der Waals surface area contributed by atoms with Crippen molar-refractivity contribution in [2.24, 2.45) is 0 Å². The van der Waals surface area contributed by atoms with Gasteiger partial charge < -0.3 is 9.84 Å². The third kappa shape index (κ3) is 3.97. The number of carbonyl (C=O) groups is 2. The molecule has 1 aromatic carbocycles. The first kappa shape index (κ1) is 17.0. The van der Waals surface area contributed by atoms with Crippen molar-refractivity contribution in [2.45, 2.75) is 76.2 Å². The molecule has 0 bridgehead atoms. The Hall–Kier alpha value is -1.84. The van der Waals surface area contributed by atoms with E-state index in [4.69, 9.17) is 4.74 Å². The highest BCUT2D eigenvalue weighted by Crippen LogP contribution is 2.34. The van der Waals surface area contributed by atoms with E-state index in [1.54, 1.807) is 12.1 Å². The van der Waals surface area contributed by atoms with Crippen molar-refractivity contribution in [2.75, 3.05) is 0 Å². The van der Waals surface area contributed by atoms with Crippen LogP contribution in [0.1, 0.15) is 96.4 Å². The van der Waals surface area contributed by atoms with Crippen LogP contribution in [0.4, 0.5) is 0 Å². The Kier molecular flexibility index (Phi) is 5.54. The molecule has 0 radical (unpaired) electrons. The number of carbonyl (C=O) groups excluding carboxylic acids is 1. The van der Waals surface area contributed by atoms with Crippen molar-refractivity contribution in [3.63, 3.8) is 0 Å². The molecular formula is C20H26O4. The lowest BCUT2D eigenvalue weighted by Gasteiger charge is -2.24. The van der Waals surface area contributed by atoms with Crippen molar-refractivity contribution >= 4 is 11.9 Å². The minimum Gasteiger partial charge on any atom is -0.478 e. The monoisotopic (exact) mass is 330 g/mol. The van der Waals surface area contributed by atoms with Crippen LogP contribution in [0.15, 0.2) is 18.2 Å². The third-order valence-corrected chi connectivity index (χ3v) is 5.40. The zero-order chi connectivity index (χ0) is 16.9. The van der Waals surface area contributed by atoms with E-state index in [1.165, 1.54) is 25.7 Å². The second-order valence-corrected chi connectivity index (χ2v) is 7.11. The van der Waals surface area contributed by atoms with Gasteiger partial charge in [0, 0.05) is 0 Å². The van der Waals surface area contributed by atoms with Crippen LogP contribution in [0, 0.1) is 0 Å². The van der Waals surface area contributed by atoms with Gasteiger partial charge in [0.25, 0.3) is 0 Å². The van der Waals surface area contributed by atoms with Gasteiger partial charge in [0.1, 0.15) is 6.10 Å². The normalized spacial score (nSPS) is 19.8. The molecular weight excluding hydrogens is 304 g/mol. The molecule has 0 spiro atoms. The largest absolute Gasteiger partial charge is 0.478 e. The van der Waals surface area contributed by atoms with Gasteiger partial charge in [-0.15, -0.1) is 0 Å². The van der Waals surface area contributed by atoms with E-state index in [0.29, 0.717) is 5.92 Å². The van der Waals surface area contributed by atoms with Crippen LogP contribution in [0.2, 0.25) is 0 Å². The zero-order valence-corrected chi connectivity index (χ0v) is 14.1. The summed E-state index contributed by atoms with van der Waals surface area (Å²) in [5, 5.41) is 9.41. The molecule has 0 unspecified atom stereocenters. The first-order valence-corrected chi connectivity index (χ1v) is 9.23. The van der Waals surface area contributed by atoms with Gasteiger partial charge in [-0.1, -0.05) is 31.7 Å². The fourth-order valence-corrected chi connectivity index (χ4v) is 4.00. The van der Waals surface area contributed by atoms with Gasteiger partial charge in [-0.25, -0.2) is 9.59 Å². The molecule has 0 aliphatic heterocycles. The molecule has 2 fully saturated rings. The second-order valence-electron chi connectivity index (χ2n) is 7.11. The van der Waals surface area contributed by atoms with Gasteiger partial charge in [-0.3, -0.25) is 0 Å². The highest BCUT2D eigenvalue weighted by molar-refractivity contribution is 6.02. The van der Waals surface area contributed by atoms with E-state index >= 15 is 0 Å². The maximum atomic E-state index is 12.6. The van der Waals surface area contributed by atoms with E-state index in [0.717, 1.165) is 44.1 Å². The molecule has 130 valence electrons. The van der Waals surface area contributed by atoms with Crippen LogP contribution in [0.3, 0.4) is 0 Å². The molecule has 4 nitrogen and oxygen atoms in total. The van der Waals surface area contributed by atoms with Crippen LogP contribution in [0.5, 0.6) is 0 Å². The van der Waals surface area contributed by atoms with E-state index in [9.17, 15) is 14.7 Å². The fraction of sp³-hybridized carbons (Fsp3) is 0.600. The van der Waals surface area contributed by atoms with Gasteiger partial charge in [-0.2, -0.15) is 0 Å². The summed E-state index contributed by atoms with van der Waals surface area (Å²) in [6.45, 7) is 0. The summed E-state index contributed by atoms with van der Waals surface area (Å²) >= 11 is 0. The molecule has 2 aliphatic carbocycles. The Morgan fingerprint density at radius 1 is 0.875 bits per heavy atom. The second kappa shape index (κ2) is 7.82. The van der Waals surface area contributed by atoms with Gasteiger partial charge >= 0.3 is 11.9 Å². The van der Waals surface area contributed by atoms with Gasteiger partial charge in [-0.05, 0) is 62.1 Å². The standard InChI is InChI=1S/C20H26O4/c21-19(22)17-12-11-15(14-7-3-1-4-8-14)13-18(17)20(23)24-16-9-5-2-6-10-16/h11-14,16H,1-10H2,(H,21,22). The first-order chi connectivity index (χ1) is 11.6. The van der Waals surface area contributed by atoms with Crippen LogP contribution in [-0.2, 0) is 4.74 Å². The van der Waals surface area contributed by atoms with Crippen LogP contribution >= 0.6 is 0 Å². The minimum atomic E-state index is -1.07. The van der Waals surface area contributed by atoms with Crippen LogP contribution in [-0.4, -0.2) is 23.1 Å². The highest BCUT2D eigenvalue weighted by Gasteiger charge is 2.25. The topological polar surface area (TPSA) is 63.6 Å². The summed E-state index contributed by atoms with van der Waals surface area (Å²) in [6, 6.07) is 5.21. The first-order valence-electron chi connectivity index (χ1n) is 9.23. The number of carboxylic acid groups (broad SMARTS) is 1. The molecule has 0 aromatic heterocycles. The molecule has 1 aromatic rings. The number of rotatable bonds is 4. The fourth-order valence-electron chi connectivity index (χ4n) is 4.00. The number of carboxylic acids is 1. The van der Waals surface area contributed by atoms with E-state index in [2.05, 4.69) is 0 Å². The molecule has 1 N–H and O–H groups in total. The maximum Gasteiger partial charge on any atom is 0.339 e. The van der Waals surface area contributed by atoms with Gasteiger partial charge in [0.05, 0.1) is 11.1 Å². The van der Waals surface area contributed by atoms with Crippen LogP contribution < -0.4 is 0 Å². The predicted octanol–water partition coefficient (Wildman–Crippen LogP) is 4.92. The summed E-state index contributed by atoms with van der Waals surface area (Å²) < 4.78 is 5.61. The average Bonchev–Trinajstić information content (AvgIpc) is 2.62. The molecule has 2 saturated carbocycles. The van der Waals surface area contributed by atoms with E-state index < -0.39 is 11.9 Å². The van der Waals surface area contributed by atoms with Crippen molar-refractivity contribution in [1.29, 1.82) is 0 Å². The highest BCUT2D eigenvalue weighted by atomic mass is 16.5. The van der Waals surface area contributed by atoms with Crippen molar-refractivity contribution < 1.29 is 19.4 Å². The summed E-state index contributed by atoms with van der Waals surface area (Å²) in [6.07, 6.45) is 10.9. The Balaban J connectivity index is 1.82. The van der Waals surface area contributed by atoms with Crippen molar-refractivity contribution in [1.82, 2.24) is 0 Å². The Bertz CT molecular complexity index is 596. The molecule has 24 heavy (non-hydrogen) atoms. The zero-order valence-electron chi connectivity index (χ0n) is 14.1. The minimum absolute atomic E-state index is 0.0513. The van der Waals surface area contributed by atoms with Crippen LogP contribution in [0.25, 0.3) is 0 Å². The lowest BCUT2D eigenvalue weighted by Crippen LogP contribution is -2.22. The smallest absolute Gasteiger partial charge is 0.339 e. The lowest BCUT2D eigenvalue weighted by molar-refractivity contribution is 0.0206. The summed E-state index contributed by atoms with van der Waals surface area (Å²) in [7, 11) is 0. The van der Waals surface area contributed by atoms with E-state index in [1.807, 2.05) is 6.07 Å². The quantitative estimate of drug-likeness (QED) is 0.796. The number of ether oxygens (including phenoxy) is 1. The molecule has 4 heteroatoms. The van der Waals surface area contributed by atoms with E-state index in [-0.39, 0.29) is 17.2 Å². The van der Waals surface area contributed by atoms with Gasteiger partial charge in [0.15, 0.2) is 0 Å². The molecule has 3 rings (SSSR count). The summed E-state index contributed by atoms with van der Waals surface area (Å²) in [5.74, 6) is -1.11. The number of hydrogen-bond acceptors (Lipinski definition) is 3. The lowest BCUT2D eigenvalue weighted by atomic mass is 9.83. The summed E-state index contributed by atoms with van der Waals surface area (Å²) in [5.41, 5.74) is 1.35. The number of esters is 1. The average molecular weight is 330 g/mol. The molecule has 0 amide bonds. The Morgan fingerprint density at radius 3 is 2.12 bits per heavy atom. The molecule has 0 saturated heterocycles. The van der Waals surface area contributed by atoms with Crippen molar-refractivity contribution in [3.05, 3.63) is 34.9 Å². The Labute approximate surface area is 143 Å². The maximum absolute atomic E-state index is 12.6. The van der Waals surface area contributed by atoms with Gasteiger partial charge in [0.2, 0.25) is 0 Å². The number of hydrogen-bond donors (Lipinski definition) is 1. The third-order valence-electron chi connectivity index (χ3n) is 5.40. The molecule has 2 aliphatic rings. The predicted molar refractivity (Wildman–Crippen MR) is 91.5 cm³/mol. The van der Waals surface area contributed by atoms with Crippen molar-refractivity contribution in [3.8, 4) is 0 Å². The number of aromatic carboxylic acids is 1. The number of benzene rings is 1. The molecule has 0 atom stereocenters. The Morgan fingerprint density at radius 2 is 1.50 bits per heavy atom. The molecule has 0 heterocycles.